The Kier molecular flexibility index (Phi) is 8.65. The fraction of sp³-hybridized carbons (Fsp3) is 0.188. The maximum Gasteiger partial charge on any atom is 0.311 e. The van der Waals surface area contributed by atoms with Crippen molar-refractivity contribution in [3.05, 3.63) is 111 Å². The molecule has 0 bridgehead atoms. The molecule has 1 aliphatic heterocycles. The molecule has 1 unspecified atom stereocenters. The summed E-state index contributed by atoms with van der Waals surface area (Å²) in [6.07, 6.45) is 2.10. The average Bonchev–Trinajstić information content (AvgIpc) is 2.94. The number of carbonyl (C=O) groups excluding carboxylic acids is 1. The molecule has 4 aromatic carbocycles. The quantitative estimate of drug-likeness (QED) is 0.195. The molecule has 5 nitrogen and oxygen atoms in total. The maximum atomic E-state index is 12.8. The van der Waals surface area contributed by atoms with Crippen molar-refractivity contribution >= 4 is 46.6 Å². The Hall–Kier alpha value is -3.51. The number of carbonyl (C=O) groups is 2. The van der Waals surface area contributed by atoms with E-state index in [1.165, 1.54) is 0 Å². The van der Waals surface area contributed by atoms with Gasteiger partial charge in [0.1, 0.15) is 17.2 Å². The number of carboxylic acid groups (broad SMARTS) is 1. The van der Waals surface area contributed by atoms with Gasteiger partial charge in [-0.25, -0.2) is 0 Å². The Balaban J connectivity index is 1.18. The molecule has 0 spiro atoms. The maximum absolute atomic E-state index is 12.8. The molecule has 4 aromatic rings. The SMILES string of the molecule is O=C(CCCc1ccc(-c2ccccc2Cl)cc1Cl)c1ccc(Oc2cc3c(cc2Cl)C(C(=O)O)CCO3)cc1. The molecular weight excluding hydrogens is 571 g/mol. The van der Waals surface area contributed by atoms with Gasteiger partial charge in [-0.15, -0.1) is 0 Å². The highest BCUT2D eigenvalue weighted by Crippen LogP contribution is 2.42. The first-order chi connectivity index (χ1) is 19.3. The molecule has 0 aliphatic carbocycles. The Morgan fingerprint density at radius 3 is 2.40 bits per heavy atom. The topological polar surface area (TPSA) is 72.8 Å². The normalized spacial score (nSPS) is 14.2. The van der Waals surface area contributed by atoms with Gasteiger partial charge in [0.2, 0.25) is 0 Å². The summed E-state index contributed by atoms with van der Waals surface area (Å²) in [6.45, 7) is 0.307. The molecule has 0 radical (unpaired) electrons. The first kappa shape index (κ1) is 28.0. The van der Waals surface area contributed by atoms with Crippen LogP contribution in [0.4, 0.5) is 0 Å². The summed E-state index contributed by atoms with van der Waals surface area (Å²) in [7, 11) is 0. The van der Waals surface area contributed by atoms with Crippen LogP contribution >= 0.6 is 34.8 Å². The van der Waals surface area contributed by atoms with E-state index in [-0.39, 0.29) is 10.8 Å². The Morgan fingerprint density at radius 2 is 1.68 bits per heavy atom. The molecule has 1 atom stereocenters. The van der Waals surface area contributed by atoms with E-state index >= 15 is 0 Å². The van der Waals surface area contributed by atoms with Gasteiger partial charge < -0.3 is 14.6 Å². The van der Waals surface area contributed by atoms with Gasteiger partial charge in [-0.3, -0.25) is 9.59 Å². The van der Waals surface area contributed by atoms with Gasteiger partial charge in [-0.05, 0) is 72.9 Å². The second-order valence-electron chi connectivity index (χ2n) is 9.54. The number of hydrogen-bond donors (Lipinski definition) is 1. The zero-order valence-electron chi connectivity index (χ0n) is 21.3. The van der Waals surface area contributed by atoms with Crippen molar-refractivity contribution in [1.29, 1.82) is 0 Å². The van der Waals surface area contributed by atoms with Crippen molar-refractivity contribution in [3.63, 3.8) is 0 Å². The highest BCUT2D eigenvalue weighted by molar-refractivity contribution is 6.34. The molecule has 1 heterocycles. The van der Waals surface area contributed by atoms with Crippen molar-refractivity contribution in [2.24, 2.45) is 0 Å². The van der Waals surface area contributed by atoms with E-state index in [9.17, 15) is 14.7 Å². The number of aryl methyl sites for hydroxylation is 1. The fourth-order valence-corrected chi connectivity index (χ4v) is 5.49. The molecule has 0 aromatic heterocycles. The number of halogens is 3. The molecule has 5 rings (SSSR count). The van der Waals surface area contributed by atoms with Crippen molar-refractivity contribution in [2.75, 3.05) is 6.61 Å². The van der Waals surface area contributed by atoms with Crippen LogP contribution in [0.3, 0.4) is 0 Å². The minimum absolute atomic E-state index is 0.0234. The van der Waals surface area contributed by atoms with Gasteiger partial charge in [0.05, 0.1) is 17.5 Å². The highest BCUT2D eigenvalue weighted by Gasteiger charge is 2.29. The third-order valence-electron chi connectivity index (χ3n) is 6.89. The van der Waals surface area contributed by atoms with Gasteiger partial charge in [-0.1, -0.05) is 65.1 Å². The third kappa shape index (κ3) is 6.28. The standard InChI is InChI=1S/C32H25Cl3O5/c33-26-6-2-1-5-23(26)21-9-8-19(27(34)16-21)4-3-7-29(36)20-10-12-22(13-11-20)40-31-18-30-25(17-28(31)35)24(32(37)38)14-15-39-30/h1-2,5-6,8-13,16-18,24H,3-4,7,14-15H2,(H,37,38). The van der Waals surface area contributed by atoms with Crippen LogP contribution in [0.1, 0.15) is 46.7 Å². The van der Waals surface area contributed by atoms with E-state index in [0.717, 1.165) is 16.7 Å². The summed E-state index contributed by atoms with van der Waals surface area (Å²) in [5.41, 5.74) is 3.97. The molecule has 204 valence electrons. The summed E-state index contributed by atoms with van der Waals surface area (Å²) in [5, 5.41) is 11.1. The molecule has 1 aliphatic rings. The second-order valence-corrected chi connectivity index (χ2v) is 10.8. The molecule has 0 saturated heterocycles. The lowest BCUT2D eigenvalue weighted by Gasteiger charge is -2.24. The summed E-state index contributed by atoms with van der Waals surface area (Å²) in [5.74, 6) is -0.260. The summed E-state index contributed by atoms with van der Waals surface area (Å²) < 4.78 is 11.5. The number of hydrogen-bond acceptors (Lipinski definition) is 4. The number of Topliss-reactive ketones (excluding diaryl/α,β-unsaturated/α-hetero) is 1. The number of benzene rings is 4. The summed E-state index contributed by atoms with van der Waals surface area (Å²) in [6, 6.07) is 23.5. The lowest BCUT2D eigenvalue weighted by Crippen LogP contribution is -2.20. The van der Waals surface area contributed by atoms with Crippen LogP contribution in [0.2, 0.25) is 15.1 Å². The van der Waals surface area contributed by atoms with Crippen LogP contribution in [0.25, 0.3) is 11.1 Å². The van der Waals surface area contributed by atoms with Crippen molar-refractivity contribution in [3.8, 4) is 28.4 Å². The molecule has 8 heteroatoms. The first-order valence-electron chi connectivity index (χ1n) is 12.8. The van der Waals surface area contributed by atoms with Crippen molar-refractivity contribution in [2.45, 2.75) is 31.6 Å². The number of rotatable bonds is 9. The first-order valence-corrected chi connectivity index (χ1v) is 14.0. The zero-order chi connectivity index (χ0) is 28.2. The third-order valence-corrected chi connectivity index (χ3v) is 7.87. The Bertz CT molecular complexity index is 1570. The minimum Gasteiger partial charge on any atom is -0.493 e. The van der Waals surface area contributed by atoms with Crippen LogP contribution in [-0.2, 0) is 11.2 Å². The monoisotopic (exact) mass is 594 g/mol. The summed E-state index contributed by atoms with van der Waals surface area (Å²) in [4.78, 5) is 24.3. The predicted octanol–water partition coefficient (Wildman–Crippen LogP) is 9.26. The lowest BCUT2D eigenvalue weighted by atomic mass is 9.93. The molecular formula is C32H25Cl3O5. The number of fused-ring (bicyclic) bond motifs is 1. The van der Waals surface area contributed by atoms with E-state index < -0.39 is 11.9 Å². The van der Waals surface area contributed by atoms with Crippen LogP contribution in [0.15, 0.2) is 78.9 Å². The Morgan fingerprint density at radius 1 is 0.900 bits per heavy atom. The Labute approximate surface area is 247 Å². The highest BCUT2D eigenvalue weighted by atomic mass is 35.5. The van der Waals surface area contributed by atoms with E-state index in [0.29, 0.717) is 70.7 Å². The summed E-state index contributed by atoms with van der Waals surface area (Å²) >= 11 is 19.2. The number of ketones is 1. The van der Waals surface area contributed by atoms with E-state index in [4.69, 9.17) is 44.3 Å². The van der Waals surface area contributed by atoms with Crippen LogP contribution in [0, 0.1) is 0 Å². The molecule has 0 amide bonds. The van der Waals surface area contributed by atoms with E-state index in [1.807, 2.05) is 42.5 Å². The van der Waals surface area contributed by atoms with Gasteiger partial charge in [0.25, 0.3) is 0 Å². The van der Waals surface area contributed by atoms with E-state index in [1.54, 1.807) is 36.4 Å². The van der Waals surface area contributed by atoms with Crippen molar-refractivity contribution in [1.82, 2.24) is 0 Å². The van der Waals surface area contributed by atoms with E-state index in [2.05, 4.69) is 0 Å². The van der Waals surface area contributed by atoms with Gasteiger partial charge >= 0.3 is 5.97 Å². The van der Waals surface area contributed by atoms with Gasteiger partial charge in [-0.2, -0.15) is 0 Å². The van der Waals surface area contributed by atoms with Crippen molar-refractivity contribution < 1.29 is 24.2 Å². The zero-order valence-corrected chi connectivity index (χ0v) is 23.6. The predicted molar refractivity (Wildman–Crippen MR) is 158 cm³/mol. The van der Waals surface area contributed by atoms with Crippen LogP contribution in [0.5, 0.6) is 17.2 Å². The average molecular weight is 596 g/mol. The van der Waals surface area contributed by atoms with Gasteiger partial charge in [0.15, 0.2) is 5.78 Å². The largest absolute Gasteiger partial charge is 0.493 e. The molecule has 0 fully saturated rings. The number of aliphatic carboxylic acids is 1. The molecule has 40 heavy (non-hydrogen) atoms. The van der Waals surface area contributed by atoms with Crippen LogP contribution in [-0.4, -0.2) is 23.5 Å². The minimum atomic E-state index is -0.913. The molecule has 1 N–H and O–H groups in total. The number of carboxylic acids is 1. The second kappa shape index (κ2) is 12.3. The van der Waals surface area contributed by atoms with Gasteiger partial charge in [0, 0.05) is 39.2 Å². The lowest BCUT2D eigenvalue weighted by molar-refractivity contribution is -0.139. The fourth-order valence-electron chi connectivity index (χ4n) is 4.76. The molecule has 0 saturated carbocycles. The van der Waals surface area contributed by atoms with Crippen LogP contribution < -0.4 is 9.47 Å². The smallest absolute Gasteiger partial charge is 0.311 e. The number of ether oxygens (including phenoxy) is 2.